The molecule has 1 atom stereocenters. The van der Waals surface area contributed by atoms with Crippen LogP contribution < -0.4 is 10.5 Å². The zero-order chi connectivity index (χ0) is 19.4. The van der Waals surface area contributed by atoms with Crippen LogP contribution in [0.1, 0.15) is 6.42 Å². The normalized spacial score (nSPS) is 13.3. The molecular formula is C19H19NO5S. The number of benzene rings is 2. The maximum Gasteiger partial charge on any atom is 0.343 e. The van der Waals surface area contributed by atoms with Gasteiger partial charge in [0, 0.05) is 0 Å². The molecule has 0 spiro atoms. The first kappa shape index (κ1) is 19.5. The molecule has 0 fully saturated rings. The Bertz CT molecular complexity index is 927. The van der Waals surface area contributed by atoms with Crippen LogP contribution in [-0.4, -0.2) is 33.5 Å². The molecule has 0 aliphatic heterocycles. The highest BCUT2D eigenvalue weighted by Gasteiger charge is 2.48. The molecule has 0 heterocycles. The van der Waals surface area contributed by atoms with Gasteiger partial charge < -0.3 is 15.2 Å². The summed E-state index contributed by atoms with van der Waals surface area (Å²) in [6.07, 6.45) is 4.70. The molecule has 0 radical (unpaired) electrons. The van der Waals surface area contributed by atoms with Gasteiger partial charge in [-0.2, -0.15) is 0 Å². The molecule has 0 aromatic heterocycles. The minimum Gasteiger partial charge on any atom is -0.497 e. The van der Waals surface area contributed by atoms with Gasteiger partial charge in [0.2, 0.25) is 14.7 Å². The van der Waals surface area contributed by atoms with Crippen molar-refractivity contribution >= 4 is 15.8 Å². The van der Waals surface area contributed by atoms with Gasteiger partial charge in [-0.05, 0) is 35.4 Å². The summed E-state index contributed by atoms with van der Waals surface area (Å²) in [5.74, 6) is 1.74. The average molecular weight is 373 g/mol. The number of carbonyl (C=O) groups is 1. The van der Waals surface area contributed by atoms with E-state index in [0.717, 1.165) is 18.2 Å². The van der Waals surface area contributed by atoms with Crippen LogP contribution in [-0.2, 0) is 19.4 Å². The molecule has 0 amide bonds. The zero-order valence-corrected chi connectivity index (χ0v) is 15.2. The third kappa shape index (κ3) is 3.43. The van der Waals surface area contributed by atoms with E-state index in [9.17, 15) is 13.2 Å². The highest BCUT2D eigenvalue weighted by Crippen LogP contribution is 2.29. The smallest absolute Gasteiger partial charge is 0.343 e. The standard InChI is InChI=1S/C19H19NO5S/c1-4-13-19(20,18(21)25-3)26(22,23)17-11-7-15(8-12-17)14-5-9-16(24-2)10-6-14/h1,5-12H,13,20H2,2-3H3. The molecule has 2 N–H and O–H groups in total. The molecular weight excluding hydrogens is 354 g/mol. The lowest BCUT2D eigenvalue weighted by atomic mass is 10.1. The quantitative estimate of drug-likeness (QED) is 0.614. The van der Waals surface area contributed by atoms with Gasteiger partial charge in [-0.1, -0.05) is 24.3 Å². The predicted octanol–water partition coefficient (Wildman–Crippen LogP) is 1.99. The summed E-state index contributed by atoms with van der Waals surface area (Å²) >= 11 is 0. The Kier molecular flexibility index (Phi) is 5.70. The van der Waals surface area contributed by atoms with Gasteiger partial charge in [0.1, 0.15) is 5.75 Å². The van der Waals surface area contributed by atoms with Crippen molar-refractivity contribution in [3.05, 3.63) is 48.5 Å². The molecule has 6 nitrogen and oxygen atoms in total. The van der Waals surface area contributed by atoms with Crippen LogP contribution in [0.2, 0.25) is 0 Å². The lowest BCUT2D eigenvalue weighted by Gasteiger charge is -2.24. The number of hydrogen-bond donors (Lipinski definition) is 1. The number of esters is 1. The number of nitrogens with two attached hydrogens (primary N) is 1. The van der Waals surface area contributed by atoms with Crippen LogP contribution in [0.25, 0.3) is 11.1 Å². The Morgan fingerprint density at radius 3 is 2.00 bits per heavy atom. The molecule has 0 aliphatic carbocycles. The maximum absolute atomic E-state index is 12.8. The Hall–Kier alpha value is -2.82. The predicted molar refractivity (Wildman–Crippen MR) is 98.0 cm³/mol. The summed E-state index contributed by atoms with van der Waals surface area (Å²) in [5, 5.41) is 0. The van der Waals surface area contributed by atoms with Crippen LogP contribution in [0.3, 0.4) is 0 Å². The SMILES string of the molecule is C#CCC(N)(C(=O)OC)S(=O)(=O)c1ccc(-c2ccc(OC)cc2)cc1. The number of terminal acetylenes is 1. The first-order chi connectivity index (χ1) is 12.3. The molecule has 7 heteroatoms. The van der Waals surface area contributed by atoms with E-state index in [1.54, 1.807) is 31.4 Å². The first-order valence-electron chi connectivity index (χ1n) is 7.60. The molecule has 2 aromatic rings. The summed E-state index contributed by atoms with van der Waals surface area (Å²) in [6, 6.07) is 13.3. The fourth-order valence-corrected chi connectivity index (χ4v) is 3.91. The number of ether oxygens (including phenoxy) is 2. The third-order valence-corrected chi connectivity index (χ3v) is 6.13. The van der Waals surface area contributed by atoms with Crippen molar-refractivity contribution < 1.29 is 22.7 Å². The molecule has 2 aromatic carbocycles. The van der Waals surface area contributed by atoms with Crippen LogP contribution in [0.5, 0.6) is 5.75 Å². The lowest BCUT2D eigenvalue weighted by Crippen LogP contribution is -2.55. The second-order valence-electron chi connectivity index (χ2n) is 5.52. The number of sulfone groups is 1. The van der Waals surface area contributed by atoms with E-state index >= 15 is 0 Å². The minimum atomic E-state index is -4.24. The van der Waals surface area contributed by atoms with E-state index in [0.29, 0.717) is 5.75 Å². The van der Waals surface area contributed by atoms with E-state index in [1.165, 1.54) is 12.1 Å². The highest BCUT2D eigenvalue weighted by molar-refractivity contribution is 7.93. The monoisotopic (exact) mass is 373 g/mol. The lowest BCUT2D eigenvalue weighted by molar-refractivity contribution is -0.143. The zero-order valence-electron chi connectivity index (χ0n) is 14.4. The van der Waals surface area contributed by atoms with Crippen molar-refractivity contribution in [2.45, 2.75) is 16.2 Å². The van der Waals surface area contributed by atoms with E-state index in [2.05, 4.69) is 10.7 Å². The van der Waals surface area contributed by atoms with Gasteiger partial charge >= 0.3 is 5.97 Å². The molecule has 2 rings (SSSR count). The summed E-state index contributed by atoms with van der Waals surface area (Å²) in [7, 11) is -1.61. The van der Waals surface area contributed by atoms with Crippen LogP contribution in [0.4, 0.5) is 0 Å². The number of methoxy groups -OCH3 is 2. The van der Waals surface area contributed by atoms with Gasteiger partial charge in [-0.25, -0.2) is 13.2 Å². The van der Waals surface area contributed by atoms with Crippen LogP contribution in [0, 0.1) is 12.3 Å². The molecule has 0 saturated heterocycles. The Labute approximate surface area is 152 Å². The van der Waals surface area contributed by atoms with Gasteiger partial charge in [0.25, 0.3) is 0 Å². The fraction of sp³-hybridized carbons (Fsp3) is 0.211. The van der Waals surface area contributed by atoms with Gasteiger partial charge in [0.05, 0.1) is 25.5 Å². The molecule has 136 valence electrons. The second-order valence-corrected chi connectivity index (χ2v) is 7.73. The minimum absolute atomic E-state index is 0.113. The van der Waals surface area contributed by atoms with Crippen molar-refractivity contribution in [2.24, 2.45) is 5.73 Å². The molecule has 1 unspecified atom stereocenters. The van der Waals surface area contributed by atoms with E-state index in [4.69, 9.17) is 16.9 Å². The average Bonchev–Trinajstić information content (AvgIpc) is 2.67. The summed E-state index contributed by atoms with van der Waals surface area (Å²) in [6.45, 7) is 0. The molecule has 26 heavy (non-hydrogen) atoms. The van der Waals surface area contributed by atoms with E-state index in [1.807, 2.05) is 12.1 Å². The molecule has 0 aliphatic rings. The molecule has 0 saturated carbocycles. The van der Waals surface area contributed by atoms with Gasteiger partial charge in [0.15, 0.2) is 0 Å². The highest BCUT2D eigenvalue weighted by atomic mass is 32.2. The number of rotatable bonds is 6. The van der Waals surface area contributed by atoms with Crippen LogP contribution >= 0.6 is 0 Å². The van der Waals surface area contributed by atoms with Crippen molar-refractivity contribution in [3.63, 3.8) is 0 Å². The van der Waals surface area contributed by atoms with Crippen molar-refractivity contribution in [1.82, 2.24) is 0 Å². The fourth-order valence-electron chi connectivity index (χ4n) is 2.42. The number of hydrogen-bond acceptors (Lipinski definition) is 6. The summed E-state index contributed by atoms with van der Waals surface area (Å²) < 4.78 is 35.3. The summed E-state index contributed by atoms with van der Waals surface area (Å²) in [5.41, 5.74) is 7.51. The Balaban J connectivity index is 2.42. The van der Waals surface area contributed by atoms with E-state index < -0.39 is 27.1 Å². The number of carbonyl (C=O) groups excluding carboxylic acids is 1. The first-order valence-corrected chi connectivity index (χ1v) is 9.08. The third-order valence-electron chi connectivity index (χ3n) is 3.96. The molecule has 0 bridgehead atoms. The topological polar surface area (TPSA) is 95.7 Å². The summed E-state index contributed by atoms with van der Waals surface area (Å²) in [4.78, 5) is 9.51. The second kappa shape index (κ2) is 7.60. The Morgan fingerprint density at radius 1 is 1.08 bits per heavy atom. The van der Waals surface area contributed by atoms with E-state index in [-0.39, 0.29) is 4.90 Å². The van der Waals surface area contributed by atoms with Crippen molar-refractivity contribution in [2.75, 3.05) is 14.2 Å². The van der Waals surface area contributed by atoms with Crippen LogP contribution in [0.15, 0.2) is 53.4 Å². The van der Waals surface area contributed by atoms with Gasteiger partial charge in [-0.3, -0.25) is 0 Å². The maximum atomic E-state index is 12.8. The van der Waals surface area contributed by atoms with Crippen molar-refractivity contribution in [3.8, 4) is 29.2 Å². The largest absolute Gasteiger partial charge is 0.497 e. The Morgan fingerprint density at radius 2 is 1.58 bits per heavy atom. The van der Waals surface area contributed by atoms with Crippen molar-refractivity contribution in [1.29, 1.82) is 0 Å². The van der Waals surface area contributed by atoms with Gasteiger partial charge in [-0.15, -0.1) is 12.3 Å².